The van der Waals surface area contributed by atoms with Gasteiger partial charge in [0.05, 0.1) is 17.6 Å². The average molecular weight is 249 g/mol. The van der Waals surface area contributed by atoms with E-state index in [4.69, 9.17) is 10.00 Å². The molecule has 0 aliphatic carbocycles. The highest BCUT2D eigenvalue weighted by Gasteiger charge is 2.15. The third-order valence-corrected chi connectivity index (χ3v) is 1.98. The number of nitro groups is 1. The molecule has 0 aliphatic heterocycles. The summed E-state index contributed by atoms with van der Waals surface area (Å²) in [4.78, 5) is 21.4. The van der Waals surface area contributed by atoms with Gasteiger partial charge in [-0.25, -0.2) is 0 Å². The van der Waals surface area contributed by atoms with Crippen molar-refractivity contribution in [2.24, 2.45) is 0 Å². The molecule has 94 valence electrons. The van der Waals surface area contributed by atoms with Gasteiger partial charge in [0.2, 0.25) is 5.91 Å². The van der Waals surface area contributed by atoms with Gasteiger partial charge in [0.15, 0.2) is 5.75 Å². The summed E-state index contributed by atoms with van der Waals surface area (Å²) in [6, 6.07) is 5.69. The third kappa shape index (κ3) is 3.45. The monoisotopic (exact) mass is 249 g/mol. The summed E-state index contributed by atoms with van der Waals surface area (Å²) in [5.41, 5.74) is 0.180. The zero-order valence-corrected chi connectivity index (χ0v) is 9.67. The number of ether oxygens (including phenoxy) is 1. The van der Waals surface area contributed by atoms with Crippen molar-refractivity contribution in [2.45, 2.75) is 13.3 Å². The normalized spacial score (nSPS) is 9.33. The maximum atomic E-state index is 11.2. The fourth-order valence-electron chi connectivity index (χ4n) is 1.29. The number of nitrogens with zero attached hydrogens (tertiary/aromatic N) is 2. The third-order valence-electron chi connectivity index (χ3n) is 1.98. The second-order valence-corrected chi connectivity index (χ2v) is 3.26. The summed E-state index contributed by atoms with van der Waals surface area (Å²) in [6.45, 7) is 1.97. The summed E-state index contributed by atoms with van der Waals surface area (Å²) in [7, 11) is 0. The Morgan fingerprint density at radius 2 is 2.33 bits per heavy atom. The van der Waals surface area contributed by atoms with Crippen LogP contribution in [0.3, 0.4) is 0 Å². The van der Waals surface area contributed by atoms with Gasteiger partial charge in [-0.05, 0) is 13.0 Å². The fraction of sp³-hybridized carbons (Fsp3) is 0.273. The molecule has 0 radical (unpaired) electrons. The Morgan fingerprint density at radius 1 is 1.61 bits per heavy atom. The maximum Gasteiger partial charge on any atom is 0.311 e. The molecule has 1 aromatic rings. The lowest BCUT2D eigenvalue weighted by Crippen LogP contribution is -2.10. The van der Waals surface area contributed by atoms with Crippen molar-refractivity contribution in [3.8, 4) is 11.8 Å². The molecule has 0 saturated heterocycles. The lowest BCUT2D eigenvalue weighted by atomic mass is 10.2. The molecular weight excluding hydrogens is 238 g/mol. The van der Waals surface area contributed by atoms with Crippen LogP contribution in [0.2, 0.25) is 0 Å². The number of benzene rings is 1. The Morgan fingerprint density at radius 3 is 2.89 bits per heavy atom. The van der Waals surface area contributed by atoms with Crippen LogP contribution >= 0.6 is 0 Å². The number of carbonyl (C=O) groups excluding carboxylic acids is 1. The molecule has 0 fully saturated rings. The van der Waals surface area contributed by atoms with Gasteiger partial charge in [-0.2, -0.15) is 5.26 Å². The summed E-state index contributed by atoms with van der Waals surface area (Å²) >= 11 is 0. The van der Waals surface area contributed by atoms with Crippen molar-refractivity contribution in [3.63, 3.8) is 0 Å². The minimum atomic E-state index is -0.564. The zero-order chi connectivity index (χ0) is 13.5. The topological polar surface area (TPSA) is 105 Å². The van der Waals surface area contributed by atoms with Gasteiger partial charge < -0.3 is 10.1 Å². The van der Waals surface area contributed by atoms with Crippen molar-refractivity contribution < 1.29 is 14.5 Å². The largest absolute Gasteiger partial charge is 0.487 e. The van der Waals surface area contributed by atoms with E-state index in [1.165, 1.54) is 18.2 Å². The first kappa shape index (κ1) is 13.4. The van der Waals surface area contributed by atoms with Crippen LogP contribution in [0.5, 0.6) is 5.75 Å². The number of rotatable bonds is 5. The van der Waals surface area contributed by atoms with Crippen molar-refractivity contribution >= 4 is 17.3 Å². The zero-order valence-electron chi connectivity index (χ0n) is 9.67. The smallest absolute Gasteiger partial charge is 0.311 e. The summed E-state index contributed by atoms with van der Waals surface area (Å²) in [5.74, 6) is -0.397. The average Bonchev–Trinajstić information content (AvgIpc) is 2.29. The molecule has 1 amide bonds. The summed E-state index contributed by atoms with van der Waals surface area (Å²) in [6.07, 6.45) is -0.277. The van der Waals surface area contributed by atoms with E-state index in [1.54, 1.807) is 13.0 Å². The number of carbonyl (C=O) groups is 1. The van der Waals surface area contributed by atoms with Crippen molar-refractivity contribution in [2.75, 3.05) is 11.9 Å². The number of amides is 1. The molecule has 0 heterocycles. The Hall–Kier alpha value is -2.62. The molecule has 7 nitrogen and oxygen atoms in total. The first-order valence-corrected chi connectivity index (χ1v) is 5.16. The molecule has 1 N–H and O–H groups in total. The van der Waals surface area contributed by atoms with Gasteiger partial charge in [-0.3, -0.25) is 14.9 Å². The Labute approximate surface area is 103 Å². The molecule has 0 aliphatic rings. The van der Waals surface area contributed by atoms with E-state index in [-0.39, 0.29) is 24.5 Å². The van der Waals surface area contributed by atoms with Crippen LogP contribution in [0.25, 0.3) is 0 Å². The number of anilines is 1. The summed E-state index contributed by atoms with van der Waals surface area (Å²) in [5, 5.41) is 21.5. The van der Waals surface area contributed by atoms with Crippen LogP contribution in [0.4, 0.5) is 11.4 Å². The van der Waals surface area contributed by atoms with E-state index in [1.807, 2.05) is 0 Å². The predicted molar refractivity (Wildman–Crippen MR) is 63.1 cm³/mol. The quantitative estimate of drug-likeness (QED) is 0.633. The molecule has 0 saturated carbocycles. The van der Waals surface area contributed by atoms with Crippen LogP contribution in [0, 0.1) is 21.4 Å². The van der Waals surface area contributed by atoms with Crippen LogP contribution in [-0.4, -0.2) is 17.4 Å². The Bertz CT molecular complexity index is 508. The molecule has 0 spiro atoms. The minimum absolute atomic E-state index is 0.0808. The molecule has 1 aromatic carbocycles. The SMILES string of the molecule is CCOc1cc(NC(=O)CC#N)ccc1[N+](=O)[O-]. The number of nitrogens with one attached hydrogen (secondary N) is 1. The maximum absolute atomic E-state index is 11.2. The van der Waals surface area contributed by atoms with E-state index in [0.717, 1.165) is 0 Å². The first-order valence-electron chi connectivity index (χ1n) is 5.16. The molecule has 0 aromatic heterocycles. The lowest BCUT2D eigenvalue weighted by Gasteiger charge is -2.07. The van der Waals surface area contributed by atoms with E-state index >= 15 is 0 Å². The minimum Gasteiger partial charge on any atom is -0.487 e. The van der Waals surface area contributed by atoms with Gasteiger partial charge in [-0.1, -0.05) is 0 Å². The molecule has 0 unspecified atom stereocenters. The predicted octanol–water partition coefficient (Wildman–Crippen LogP) is 1.85. The standard InChI is InChI=1S/C11H11N3O4/c1-2-18-10-7-8(13-11(15)5-6-12)3-4-9(10)14(16)17/h3-4,7H,2,5H2,1H3,(H,13,15). The van der Waals surface area contributed by atoms with Crippen LogP contribution in [0.1, 0.15) is 13.3 Å². The molecular formula is C11H11N3O4. The fourth-order valence-corrected chi connectivity index (χ4v) is 1.29. The highest BCUT2D eigenvalue weighted by atomic mass is 16.6. The molecule has 0 bridgehead atoms. The van der Waals surface area contributed by atoms with Crippen molar-refractivity contribution in [3.05, 3.63) is 28.3 Å². The molecule has 1 rings (SSSR count). The Balaban J connectivity index is 2.96. The second-order valence-electron chi connectivity index (χ2n) is 3.26. The van der Waals surface area contributed by atoms with Gasteiger partial charge in [-0.15, -0.1) is 0 Å². The second kappa shape index (κ2) is 6.20. The molecule has 7 heteroatoms. The van der Waals surface area contributed by atoms with E-state index in [9.17, 15) is 14.9 Å². The highest BCUT2D eigenvalue weighted by Crippen LogP contribution is 2.30. The van der Waals surface area contributed by atoms with Gasteiger partial charge >= 0.3 is 5.69 Å². The molecule has 18 heavy (non-hydrogen) atoms. The highest BCUT2D eigenvalue weighted by molar-refractivity contribution is 5.92. The Kier molecular flexibility index (Phi) is 4.63. The van der Waals surface area contributed by atoms with Crippen molar-refractivity contribution in [1.29, 1.82) is 5.26 Å². The van der Waals surface area contributed by atoms with E-state index in [0.29, 0.717) is 5.69 Å². The molecule has 0 atom stereocenters. The summed E-state index contributed by atoms with van der Waals surface area (Å²) < 4.78 is 5.12. The first-order chi connectivity index (χ1) is 8.58. The van der Waals surface area contributed by atoms with E-state index in [2.05, 4.69) is 5.32 Å². The van der Waals surface area contributed by atoms with Crippen LogP contribution in [-0.2, 0) is 4.79 Å². The number of nitriles is 1. The number of nitro benzene ring substituents is 1. The number of hydrogen-bond donors (Lipinski definition) is 1. The lowest BCUT2D eigenvalue weighted by molar-refractivity contribution is -0.385. The van der Waals surface area contributed by atoms with Crippen LogP contribution < -0.4 is 10.1 Å². The van der Waals surface area contributed by atoms with E-state index < -0.39 is 10.8 Å². The van der Waals surface area contributed by atoms with Crippen molar-refractivity contribution in [1.82, 2.24) is 0 Å². The number of hydrogen-bond acceptors (Lipinski definition) is 5. The van der Waals surface area contributed by atoms with Crippen LogP contribution in [0.15, 0.2) is 18.2 Å². The van der Waals surface area contributed by atoms with Gasteiger partial charge in [0.1, 0.15) is 6.42 Å². The van der Waals surface area contributed by atoms with Gasteiger partial charge in [0.25, 0.3) is 0 Å². The van der Waals surface area contributed by atoms with Gasteiger partial charge in [0, 0.05) is 17.8 Å².